The van der Waals surface area contributed by atoms with Crippen molar-refractivity contribution < 1.29 is 9.59 Å². The zero-order valence-corrected chi connectivity index (χ0v) is 10.1. The van der Waals surface area contributed by atoms with Gasteiger partial charge in [0.2, 0.25) is 0 Å². The SMILES string of the molecule is CCN(CCC#N)c1ccc2c(c1)NC(=O)C2=O. The third kappa shape index (κ3) is 2.05. The van der Waals surface area contributed by atoms with Gasteiger partial charge in [0, 0.05) is 18.8 Å². The summed E-state index contributed by atoms with van der Waals surface area (Å²) in [6, 6.07) is 7.34. The number of ketones is 1. The smallest absolute Gasteiger partial charge is 0.296 e. The number of amides is 1. The number of benzene rings is 1. The Bertz CT molecular complexity index is 546. The van der Waals surface area contributed by atoms with Crippen LogP contribution < -0.4 is 10.2 Å². The van der Waals surface area contributed by atoms with Gasteiger partial charge in [-0.15, -0.1) is 0 Å². The van der Waals surface area contributed by atoms with Gasteiger partial charge in [0.15, 0.2) is 0 Å². The van der Waals surface area contributed by atoms with Crippen molar-refractivity contribution in [3.8, 4) is 6.07 Å². The van der Waals surface area contributed by atoms with Crippen LogP contribution in [-0.4, -0.2) is 24.8 Å². The van der Waals surface area contributed by atoms with Crippen LogP contribution in [0.1, 0.15) is 23.7 Å². The molecule has 1 aromatic rings. The van der Waals surface area contributed by atoms with Crippen molar-refractivity contribution in [2.45, 2.75) is 13.3 Å². The Morgan fingerprint density at radius 3 is 2.83 bits per heavy atom. The summed E-state index contributed by atoms with van der Waals surface area (Å²) in [7, 11) is 0. The maximum absolute atomic E-state index is 11.5. The normalized spacial score (nSPS) is 12.9. The maximum Gasteiger partial charge on any atom is 0.296 e. The average Bonchev–Trinajstić information content (AvgIpc) is 2.66. The molecule has 0 bridgehead atoms. The predicted molar refractivity (Wildman–Crippen MR) is 67.5 cm³/mol. The van der Waals surface area contributed by atoms with Crippen molar-refractivity contribution in [1.82, 2.24) is 0 Å². The van der Waals surface area contributed by atoms with Crippen molar-refractivity contribution in [2.75, 3.05) is 23.3 Å². The van der Waals surface area contributed by atoms with Crippen LogP contribution in [0, 0.1) is 11.3 Å². The number of carbonyl (C=O) groups is 2. The number of carbonyl (C=O) groups excluding carboxylic acids is 2. The Balaban J connectivity index is 2.27. The summed E-state index contributed by atoms with van der Waals surface area (Å²) in [5, 5.41) is 11.1. The molecule has 1 heterocycles. The predicted octanol–water partition coefficient (Wildman–Crippen LogP) is 1.56. The summed E-state index contributed by atoms with van der Waals surface area (Å²) in [5.74, 6) is -1.07. The Hall–Kier alpha value is -2.35. The summed E-state index contributed by atoms with van der Waals surface area (Å²) < 4.78 is 0. The molecule has 2 rings (SSSR count). The molecule has 0 radical (unpaired) electrons. The number of hydrogen-bond donors (Lipinski definition) is 1. The van der Waals surface area contributed by atoms with Gasteiger partial charge in [-0.25, -0.2) is 0 Å². The molecule has 0 saturated carbocycles. The van der Waals surface area contributed by atoms with E-state index in [-0.39, 0.29) is 0 Å². The number of fused-ring (bicyclic) bond motifs is 1. The fourth-order valence-corrected chi connectivity index (χ4v) is 1.99. The monoisotopic (exact) mass is 243 g/mol. The first kappa shape index (κ1) is 12.1. The number of anilines is 2. The minimum Gasteiger partial charge on any atom is -0.371 e. The summed E-state index contributed by atoms with van der Waals surface area (Å²) in [6.45, 7) is 3.39. The van der Waals surface area contributed by atoms with E-state index in [4.69, 9.17) is 5.26 Å². The highest BCUT2D eigenvalue weighted by molar-refractivity contribution is 6.51. The molecule has 0 unspecified atom stereocenters. The largest absolute Gasteiger partial charge is 0.371 e. The second-order valence-electron chi connectivity index (χ2n) is 4.00. The highest BCUT2D eigenvalue weighted by atomic mass is 16.2. The zero-order chi connectivity index (χ0) is 13.1. The van der Waals surface area contributed by atoms with Crippen molar-refractivity contribution in [1.29, 1.82) is 5.26 Å². The summed E-state index contributed by atoms with van der Waals surface area (Å²) >= 11 is 0. The van der Waals surface area contributed by atoms with E-state index in [9.17, 15) is 9.59 Å². The van der Waals surface area contributed by atoms with Gasteiger partial charge in [0.1, 0.15) is 0 Å². The number of nitrogens with zero attached hydrogens (tertiary/aromatic N) is 2. The average molecular weight is 243 g/mol. The quantitative estimate of drug-likeness (QED) is 0.814. The number of Topliss-reactive ketones (excluding diaryl/α,β-unsaturated/α-hetero) is 1. The van der Waals surface area contributed by atoms with E-state index in [2.05, 4.69) is 11.4 Å². The molecule has 0 spiro atoms. The van der Waals surface area contributed by atoms with Crippen molar-refractivity contribution in [2.24, 2.45) is 0 Å². The Morgan fingerprint density at radius 1 is 1.39 bits per heavy atom. The second-order valence-corrected chi connectivity index (χ2v) is 4.00. The molecule has 92 valence electrons. The fourth-order valence-electron chi connectivity index (χ4n) is 1.99. The van der Waals surface area contributed by atoms with Crippen LogP contribution in [0.2, 0.25) is 0 Å². The van der Waals surface area contributed by atoms with Crippen LogP contribution >= 0.6 is 0 Å². The highest BCUT2D eigenvalue weighted by Crippen LogP contribution is 2.28. The molecule has 5 nitrogen and oxygen atoms in total. The van der Waals surface area contributed by atoms with E-state index in [0.717, 1.165) is 12.2 Å². The van der Waals surface area contributed by atoms with Gasteiger partial charge in [0.25, 0.3) is 11.7 Å². The van der Waals surface area contributed by atoms with Crippen molar-refractivity contribution in [3.05, 3.63) is 23.8 Å². The Morgan fingerprint density at radius 2 is 2.17 bits per heavy atom. The molecular formula is C13H13N3O2. The lowest BCUT2D eigenvalue weighted by Gasteiger charge is -2.22. The topological polar surface area (TPSA) is 73.2 Å². The minimum absolute atomic E-state index is 0.417. The van der Waals surface area contributed by atoms with Crippen LogP contribution in [0.15, 0.2) is 18.2 Å². The first-order valence-electron chi connectivity index (χ1n) is 5.79. The second kappa shape index (κ2) is 4.88. The van der Waals surface area contributed by atoms with Crippen molar-refractivity contribution >= 4 is 23.1 Å². The lowest BCUT2D eigenvalue weighted by Crippen LogP contribution is -2.23. The van der Waals surface area contributed by atoms with Gasteiger partial charge in [0.05, 0.1) is 23.7 Å². The number of nitrogens with one attached hydrogen (secondary N) is 1. The van der Waals surface area contributed by atoms with Crippen LogP contribution in [0.5, 0.6) is 0 Å². The van der Waals surface area contributed by atoms with Gasteiger partial charge in [-0.05, 0) is 25.1 Å². The molecular weight excluding hydrogens is 230 g/mol. The van der Waals surface area contributed by atoms with Gasteiger partial charge in [-0.3, -0.25) is 9.59 Å². The Labute approximate surface area is 105 Å². The standard InChI is InChI=1S/C13H13N3O2/c1-2-16(7-3-6-14)9-4-5-10-11(8-9)15-13(18)12(10)17/h4-5,8H,2-3,7H2,1H3,(H,15,17,18). The molecule has 0 atom stereocenters. The third-order valence-electron chi connectivity index (χ3n) is 2.94. The molecule has 1 N–H and O–H groups in total. The molecule has 1 aliphatic heterocycles. The van der Waals surface area contributed by atoms with Gasteiger partial charge >= 0.3 is 0 Å². The lowest BCUT2D eigenvalue weighted by molar-refractivity contribution is -0.112. The number of nitriles is 1. The molecule has 0 aromatic heterocycles. The van der Waals surface area contributed by atoms with E-state index < -0.39 is 11.7 Å². The molecule has 18 heavy (non-hydrogen) atoms. The van der Waals surface area contributed by atoms with Crippen LogP contribution in [-0.2, 0) is 4.79 Å². The summed E-state index contributed by atoms with van der Waals surface area (Å²) in [6.07, 6.45) is 0.441. The highest BCUT2D eigenvalue weighted by Gasteiger charge is 2.28. The van der Waals surface area contributed by atoms with E-state index in [1.165, 1.54) is 0 Å². The molecule has 0 aliphatic carbocycles. The summed E-state index contributed by atoms with van der Waals surface area (Å²) in [4.78, 5) is 24.7. The number of rotatable bonds is 4. The van der Waals surface area contributed by atoms with Gasteiger partial charge in [-0.1, -0.05) is 0 Å². The van der Waals surface area contributed by atoms with E-state index >= 15 is 0 Å². The zero-order valence-electron chi connectivity index (χ0n) is 10.1. The van der Waals surface area contributed by atoms with Crippen molar-refractivity contribution in [3.63, 3.8) is 0 Å². The maximum atomic E-state index is 11.5. The van der Waals surface area contributed by atoms with Crippen LogP contribution in [0.3, 0.4) is 0 Å². The Kier molecular flexibility index (Phi) is 3.28. The van der Waals surface area contributed by atoms with E-state index in [0.29, 0.717) is 24.2 Å². The van der Waals surface area contributed by atoms with Gasteiger partial charge in [-0.2, -0.15) is 5.26 Å². The number of hydrogen-bond acceptors (Lipinski definition) is 4. The fraction of sp³-hybridized carbons (Fsp3) is 0.308. The lowest BCUT2D eigenvalue weighted by atomic mass is 10.1. The van der Waals surface area contributed by atoms with Crippen LogP contribution in [0.25, 0.3) is 0 Å². The van der Waals surface area contributed by atoms with Gasteiger partial charge < -0.3 is 10.2 Å². The molecule has 1 aliphatic rings. The van der Waals surface area contributed by atoms with E-state index in [1.807, 2.05) is 11.8 Å². The van der Waals surface area contributed by atoms with E-state index in [1.54, 1.807) is 18.2 Å². The van der Waals surface area contributed by atoms with Crippen LogP contribution in [0.4, 0.5) is 11.4 Å². The third-order valence-corrected chi connectivity index (χ3v) is 2.94. The summed E-state index contributed by atoms with van der Waals surface area (Å²) in [5.41, 5.74) is 1.87. The first-order chi connectivity index (χ1) is 8.67. The molecule has 1 aromatic carbocycles. The minimum atomic E-state index is -0.581. The first-order valence-corrected chi connectivity index (χ1v) is 5.79. The molecule has 5 heteroatoms. The molecule has 0 saturated heterocycles. The molecule has 0 fully saturated rings. The molecule has 1 amide bonds.